The van der Waals surface area contributed by atoms with E-state index in [0.29, 0.717) is 30.7 Å². The van der Waals surface area contributed by atoms with Gasteiger partial charge in [-0.25, -0.2) is 9.67 Å². The Morgan fingerprint density at radius 2 is 2.11 bits per heavy atom. The highest BCUT2D eigenvalue weighted by Gasteiger charge is 2.12. The zero-order valence-corrected chi connectivity index (χ0v) is 15.2. The Labute approximate surface area is 159 Å². The van der Waals surface area contributed by atoms with E-state index in [9.17, 15) is 9.59 Å². The van der Waals surface area contributed by atoms with E-state index in [1.54, 1.807) is 9.25 Å². The normalized spacial score (nSPS) is 11.0. The molecule has 1 N–H and O–H groups in total. The molecule has 28 heavy (non-hydrogen) atoms. The minimum absolute atomic E-state index is 0.141. The molecule has 0 aliphatic heterocycles. The van der Waals surface area contributed by atoms with E-state index >= 15 is 0 Å². The Balaban J connectivity index is 1.49. The highest BCUT2D eigenvalue weighted by atomic mass is 16.5. The largest absolute Gasteiger partial charge is 0.351 e. The maximum atomic E-state index is 12.8. The molecule has 0 fully saturated rings. The summed E-state index contributed by atoms with van der Waals surface area (Å²) < 4.78 is 7.96. The Kier molecular flexibility index (Phi) is 4.71. The summed E-state index contributed by atoms with van der Waals surface area (Å²) in [5, 5.41) is 10.9. The van der Waals surface area contributed by atoms with E-state index in [2.05, 4.69) is 20.6 Å². The first-order valence-electron chi connectivity index (χ1n) is 8.78. The minimum atomic E-state index is -0.359. The molecule has 0 aliphatic rings. The first-order valence-corrected chi connectivity index (χ1v) is 8.78. The smallest absolute Gasteiger partial charge is 0.289 e. The van der Waals surface area contributed by atoms with Gasteiger partial charge in [0.1, 0.15) is 11.7 Å². The summed E-state index contributed by atoms with van der Waals surface area (Å²) in [5.74, 6) is -0.218. The molecule has 3 heterocycles. The van der Waals surface area contributed by atoms with Gasteiger partial charge in [0.25, 0.3) is 11.5 Å². The molecule has 3 aromatic heterocycles. The van der Waals surface area contributed by atoms with Crippen LogP contribution in [0.15, 0.2) is 58.4 Å². The lowest BCUT2D eigenvalue weighted by atomic mass is 10.1. The highest BCUT2D eigenvalue weighted by Crippen LogP contribution is 2.10. The van der Waals surface area contributed by atoms with Crippen molar-refractivity contribution in [2.75, 3.05) is 6.54 Å². The molecule has 0 unspecified atom stereocenters. The van der Waals surface area contributed by atoms with Gasteiger partial charge in [-0.3, -0.25) is 14.2 Å². The van der Waals surface area contributed by atoms with Crippen LogP contribution in [0.3, 0.4) is 0 Å². The second-order valence-electron chi connectivity index (χ2n) is 6.34. The van der Waals surface area contributed by atoms with E-state index < -0.39 is 0 Å². The first-order chi connectivity index (χ1) is 13.6. The van der Waals surface area contributed by atoms with E-state index in [4.69, 9.17) is 4.52 Å². The maximum Gasteiger partial charge on any atom is 0.289 e. The van der Waals surface area contributed by atoms with Crippen LogP contribution in [0, 0.1) is 6.92 Å². The third kappa shape index (κ3) is 3.41. The average molecular weight is 378 g/mol. The van der Waals surface area contributed by atoms with Crippen molar-refractivity contribution in [2.24, 2.45) is 0 Å². The van der Waals surface area contributed by atoms with Gasteiger partial charge in [0, 0.05) is 12.6 Å². The predicted molar refractivity (Wildman–Crippen MR) is 101 cm³/mol. The number of amides is 1. The summed E-state index contributed by atoms with van der Waals surface area (Å²) in [6.45, 7) is 3.15. The fraction of sp³-hybridized carbons (Fsp3) is 0.211. The van der Waals surface area contributed by atoms with Crippen LogP contribution in [0.1, 0.15) is 21.7 Å². The SMILES string of the molecule is Cc1ccccc1Cn1cnc2c(cnn2CCNC(=O)c2ccno2)c1=O. The molecule has 4 rings (SSSR count). The lowest BCUT2D eigenvalue weighted by Crippen LogP contribution is -2.27. The van der Waals surface area contributed by atoms with Crippen LogP contribution in [-0.2, 0) is 13.1 Å². The van der Waals surface area contributed by atoms with Crippen molar-refractivity contribution in [3.8, 4) is 0 Å². The summed E-state index contributed by atoms with van der Waals surface area (Å²) in [6, 6.07) is 9.40. The van der Waals surface area contributed by atoms with Crippen molar-refractivity contribution in [1.82, 2.24) is 29.8 Å². The number of aromatic nitrogens is 5. The molecule has 142 valence electrons. The minimum Gasteiger partial charge on any atom is -0.351 e. The number of carbonyl (C=O) groups excluding carboxylic acids is 1. The van der Waals surface area contributed by atoms with Crippen LogP contribution in [-0.4, -0.2) is 36.9 Å². The fourth-order valence-corrected chi connectivity index (χ4v) is 2.94. The van der Waals surface area contributed by atoms with Gasteiger partial charge in [-0.2, -0.15) is 5.10 Å². The number of fused-ring (bicyclic) bond motifs is 1. The summed E-state index contributed by atoms with van der Waals surface area (Å²) in [5.41, 5.74) is 2.52. The van der Waals surface area contributed by atoms with Gasteiger partial charge in [0.05, 0.1) is 25.5 Å². The number of nitrogens with one attached hydrogen (secondary N) is 1. The molecule has 0 aliphatic carbocycles. The molecule has 0 bridgehead atoms. The predicted octanol–water partition coefficient (Wildman–Crippen LogP) is 1.37. The summed E-state index contributed by atoms with van der Waals surface area (Å²) in [7, 11) is 0. The van der Waals surface area contributed by atoms with Crippen LogP contribution in [0.25, 0.3) is 11.0 Å². The molecule has 9 heteroatoms. The van der Waals surface area contributed by atoms with Crippen LogP contribution in [0.5, 0.6) is 0 Å². The fourth-order valence-electron chi connectivity index (χ4n) is 2.94. The van der Waals surface area contributed by atoms with Crippen molar-refractivity contribution < 1.29 is 9.32 Å². The third-order valence-electron chi connectivity index (χ3n) is 4.50. The van der Waals surface area contributed by atoms with Crippen LogP contribution < -0.4 is 10.9 Å². The van der Waals surface area contributed by atoms with Crippen molar-refractivity contribution >= 4 is 16.9 Å². The van der Waals surface area contributed by atoms with Gasteiger partial charge in [0.2, 0.25) is 5.76 Å². The zero-order chi connectivity index (χ0) is 19.5. The van der Waals surface area contributed by atoms with Gasteiger partial charge in [0.15, 0.2) is 5.65 Å². The Hall–Kier alpha value is -3.75. The van der Waals surface area contributed by atoms with Gasteiger partial charge in [-0.15, -0.1) is 0 Å². The van der Waals surface area contributed by atoms with E-state index in [-0.39, 0.29) is 17.2 Å². The Morgan fingerprint density at radius 1 is 1.25 bits per heavy atom. The monoisotopic (exact) mass is 378 g/mol. The number of rotatable bonds is 6. The lowest BCUT2D eigenvalue weighted by Gasteiger charge is -2.09. The average Bonchev–Trinajstić information content (AvgIpc) is 3.36. The van der Waals surface area contributed by atoms with Crippen LogP contribution in [0.4, 0.5) is 0 Å². The maximum absolute atomic E-state index is 12.8. The summed E-state index contributed by atoms with van der Waals surface area (Å²) in [4.78, 5) is 29.0. The van der Waals surface area contributed by atoms with Crippen LogP contribution in [0.2, 0.25) is 0 Å². The van der Waals surface area contributed by atoms with Gasteiger partial charge < -0.3 is 9.84 Å². The number of nitrogens with zero attached hydrogens (tertiary/aromatic N) is 5. The van der Waals surface area contributed by atoms with Crippen molar-refractivity contribution in [3.05, 3.63) is 76.3 Å². The second kappa shape index (κ2) is 7.47. The summed E-state index contributed by atoms with van der Waals surface area (Å²) >= 11 is 0. The highest BCUT2D eigenvalue weighted by molar-refractivity contribution is 5.91. The van der Waals surface area contributed by atoms with Gasteiger partial charge in [-0.05, 0) is 18.1 Å². The molecule has 9 nitrogen and oxygen atoms in total. The summed E-state index contributed by atoms with van der Waals surface area (Å²) in [6.07, 6.45) is 4.45. The Morgan fingerprint density at radius 3 is 2.89 bits per heavy atom. The molecule has 0 spiro atoms. The first kappa shape index (κ1) is 17.7. The number of aryl methyl sites for hydroxylation is 1. The topological polar surface area (TPSA) is 108 Å². The molecular weight excluding hydrogens is 360 g/mol. The molecule has 0 radical (unpaired) electrons. The molecule has 0 saturated heterocycles. The second-order valence-corrected chi connectivity index (χ2v) is 6.34. The number of hydrogen-bond donors (Lipinski definition) is 1. The number of carbonyl (C=O) groups is 1. The quantitative estimate of drug-likeness (QED) is 0.543. The molecule has 0 saturated carbocycles. The standard InChI is InChI=1S/C19H18N6O3/c1-13-4-2-3-5-14(13)11-24-12-21-17-15(19(24)27)10-22-25(17)9-8-20-18(26)16-6-7-23-28-16/h2-7,10,12H,8-9,11H2,1H3,(H,20,26). The van der Waals surface area contributed by atoms with Gasteiger partial charge in [-0.1, -0.05) is 29.4 Å². The van der Waals surface area contributed by atoms with E-state index in [1.807, 2.05) is 31.2 Å². The number of hydrogen-bond acceptors (Lipinski definition) is 6. The molecule has 4 aromatic rings. The zero-order valence-electron chi connectivity index (χ0n) is 15.2. The molecule has 1 amide bonds. The van der Waals surface area contributed by atoms with Crippen molar-refractivity contribution in [3.63, 3.8) is 0 Å². The third-order valence-corrected chi connectivity index (χ3v) is 4.50. The van der Waals surface area contributed by atoms with E-state index in [0.717, 1.165) is 11.1 Å². The number of benzene rings is 1. The molecular formula is C19H18N6O3. The van der Waals surface area contributed by atoms with Gasteiger partial charge >= 0.3 is 0 Å². The Bertz CT molecular complexity index is 1180. The molecule has 1 aromatic carbocycles. The van der Waals surface area contributed by atoms with Crippen LogP contribution >= 0.6 is 0 Å². The van der Waals surface area contributed by atoms with Crippen molar-refractivity contribution in [1.29, 1.82) is 0 Å². The lowest BCUT2D eigenvalue weighted by molar-refractivity contribution is 0.0915. The van der Waals surface area contributed by atoms with E-state index in [1.165, 1.54) is 24.8 Å². The molecule has 0 atom stereocenters. The van der Waals surface area contributed by atoms with Crippen molar-refractivity contribution in [2.45, 2.75) is 20.0 Å².